The van der Waals surface area contributed by atoms with Crippen LogP contribution >= 0.6 is 11.6 Å². The van der Waals surface area contributed by atoms with E-state index in [9.17, 15) is 23.1 Å². The average Bonchev–Trinajstić information content (AvgIpc) is 2.65. The Morgan fingerprint density at radius 1 is 1.06 bits per heavy atom. The Morgan fingerprint density at radius 3 is 2.28 bits per heavy atom. The van der Waals surface area contributed by atoms with Gasteiger partial charge in [-0.25, -0.2) is 4.79 Å². The maximum absolute atomic E-state index is 12.9. The number of carbonyl (C=O) groups excluding carboxylic acids is 1. The first-order valence-corrected chi connectivity index (χ1v) is 10.3. The van der Waals surface area contributed by atoms with Gasteiger partial charge < -0.3 is 19.9 Å². The van der Waals surface area contributed by atoms with Crippen LogP contribution in [0.2, 0.25) is 5.02 Å². The summed E-state index contributed by atoms with van der Waals surface area (Å²) in [5.74, 6) is 0.327. The van der Waals surface area contributed by atoms with Crippen molar-refractivity contribution in [3.63, 3.8) is 0 Å². The molecule has 0 heterocycles. The predicted molar refractivity (Wildman–Crippen MR) is 116 cm³/mol. The summed E-state index contributed by atoms with van der Waals surface area (Å²) in [4.78, 5) is 12.1. The third kappa shape index (κ3) is 7.91. The molecule has 9 heteroatoms. The van der Waals surface area contributed by atoms with Crippen molar-refractivity contribution in [3.05, 3.63) is 58.6 Å². The van der Waals surface area contributed by atoms with E-state index >= 15 is 0 Å². The highest BCUT2D eigenvalue weighted by Crippen LogP contribution is 2.34. The average molecular weight is 474 g/mol. The van der Waals surface area contributed by atoms with Gasteiger partial charge in [0.05, 0.1) is 17.7 Å². The Bertz CT molecular complexity index is 944. The Labute approximate surface area is 190 Å². The van der Waals surface area contributed by atoms with Crippen LogP contribution < -0.4 is 10.1 Å². The number of rotatable bonds is 7. The van der Waals surface area contributed by atoms with Gasteiger partial charge in [-0.1, -0.05) is 23.7 Å². The van der Waals surface area contributed by atoms with Gasteiger partial charge in [0.2, 0.25) is 0 Å². The predicted octanol–water partition coefficient (Wildman–Crippen LogP) is 6.36. The fourth-order valence-corrected chi connectivity index (χ4v) is 3.07. The standard InChI is InChI=1S/C23H27ClF3NO4/c1-21(2,3)32-20(30)28-22(4,14-29)11-10-15-8-9-18(13-19(15)24)31-17-7-5-6-16(12-17)23(25,26)27/h5-9,12-13,29H,10-11,14H2,1-4H3,(H,28,30). The first kappa shape index (κ1) is 25.8. The Balaban J connectivity index is 2.05. The Morgan fingerprint density at radius 2 is 1.72 bits per heavy atom. The highest BCUT2D eigenvalue weighted by atomic mass is 35.5. The second-order valence-corrected chi connectivity index (χ2v) is 9.13. The lowest BCUT2D eigenvalue weighted by atomic mass is 9.94. The van der Waals surface area contributed by atoms with Gasteiger partial charge in [-0.2, -0.15) is 13.2 Å². The molecule has 2 rings (SSSR count). The van der Waals surface area contributed by atoms with Gasteiger partial charge in [0, 0.05) is 5.02 Å². The molecule has 0 aliphatic carbocycles. The third-order valence-electron chi connectivity index (χ3n) is 4.52. The highest BCUT2D eigenvalue weighted by Gasteiger charge is 2.31. The summed E-state index contributed by atoms with van der Waals surface area (Å²) in [6.45, 7) is 6.61. The van der Waals surface area contributed by atoms with Crippen LogP contribution in [0.1, 0.15) is 45.2 Å². The van der Waals surface area contributed by atoms with Crippen molar-refractivity contribution in [3.8, 4) is 11.5 Å². The van der Waals surface area contributed by atoms with E-state index in [1.807, 2.05) is 0 Å². The van der Waals surface area contributed by atoms with E-state index < -0.39 is 29.0 Å². The molecule has 2 aromatic rings. The zero-order valence-electron chi connectivity index (χ0n) is 18.3. The van der Waals surface area contributed by atoms with Gasteiger partial charge >= 0.3 is 12.3 Å². The van der Waals surface area contributed by atoms with Crippen LogP contribution in [0.15, 0.2) is 42.5 Å². The van der Waals surface area contributed by atoms with Crippen molar-refractivity contribution in [2.24, 2.45) is 0 Å². The van der Waals surface area contributed by atoms with Crippen LogP contribution in [-0.4, -0.2) is 28.9 Å². The van der Waals surface area contributed by atoms with E-state index in [-0.39, 0.29) is 18.1 Å². The Hall–Kier alpha value is -2.45. The second-order valence-electron chi connectivity index (χ2n) is 8.73. The van der Waals surface area contributed by atoms with E-state index in [4.69, 9.17) is 21.1 Å². The molecule has 0 aromatic heterocycles. The van der Waals surface area contributed by atoms with Crippen LogP contribution in [0.4, 0.5) is 18.0 Å². The Kier molecular flexibility index (Phi) is 8.07. The van der Waals surface area contributed by atoms with Crippen molar-refractivity contribution in [1.82, 2.24) is 5.32 Å². The molecule has 0 aliphatic heterocycles. The van der Waals surface area contributed by atoms with Crippen LogP contribution in [-0.2, 0) is 17.3 Å². The molecule has 1 unspecified atom stereocenters. The first-order valence-electron chi connectivity index (χ1n) is 9.96. The minimum absolute atomic E-state index is 0.0399. The van der Waals surface area contributed by atoms with Crippen molar-refractivity contribution >= 4 is 17.7 Å². The summed E-state index contributed by atoms with van der Waals surface area (Å²) < 4.78 is 49.4. The minimum Gasteiger partial charge on any atom is -0.457 e. The van der Waals surface area contributed by atoms with Gasteiger partial charge in [0.1, 0.15) is 17.1 Å². The number of alkyl halides is 3. The third-order valence-corrected chi connectivity index (χ3v) is 4.87. The number of aliphatic hydroxyl groups excluding tert-OH is 1. The number of halogens is 4. The quantitative estimate of drug-likeness (QED) is 0.491. The number of nitrogens with one attached hydrogen (secondary N) is 1. The van der Waals surface area contributed by atoms with Crippen LogP contribution in [0.25, 0.3) is 0 Å². The van der Waals surface area contributed by atoms with Crippen molar-refractivity contribution in [2.75, 3.05) is 6.61 Å². The van der Waals surface area contributed by atoms with Gasteiger partial charge in [-0.15, -0.1) is 0 Å². The largest absolute Gasteiger partial charge is 0.457 e. The molecular formula is C23H27ClF3NO4. The SMILES string of the molecule is CC(CO)(CCc1ccc(Oc2cccc(C(F)(F)F)c2)cc1Cl)NC(=O)OC(C)(C)C. The number of alkyl carbamates (subject to hydrolysis) is 1. The minimum atomic E-state index is -4.46. The second kappa shape index (κ2) is 10.0. The molecule has 1 amide bonds. The summed E-state index contributed by atoms with van der Waals surface area (Å²) in [5.41, 5.74) is -1.68. The van der Waals surface area contributed by atoms with E-state index in [1.54, 1.807) is 39.8 Å². The molecule has 2 aromatic carbocycles. The number of carbonyl (C=O) groups is 1. The lowest BCUT2D eigenvalue weighted by Crippen LogP contribution is -2.50. The summed E-state index contributed by atoms with van der Waals surface area (Å²) in [7, 11) is 0. The molecule has 32 heavy (non-hydrogen) atoms. The molecule has 5 nitrogen and oxygen atoms in total. The molecular weight excluding hydrogens is 447 g/mol. The summed E-state index contributed by atoms with van der Waals surface area (Å²) in [5, 5.41) is 12.8. The van der Waals surface area contributed by atoms with Crippen LogP contribution in [0.5, 0.6) is 11.5 Å². The number of hydrogen-bond acceptors (Lipinski definition) is 4. The molecule has 0 spiro atoms. The van der Waals surface area contributed by atoms with Crippen molar-refractivity contribution in [1.29, 1.82) is 0 Å². The van der Waals surface area contributed by atoms with E-state index in [0.717, 1.165) is 17.7 Å². The monoisotopic (exact) mass is 473 g/mol. The number of aliphatic hydroxyl groups is 1. The number of aryl methyl sites for hydroxylation is 1. The highest BCUT2D eigenvalue weighted by molar-refractivity contribution is 6.31. The fourth-order valence-electron chi connectivity index (χ4n) is 2.81. The molecule has 2 N–H and O–H groups in total. The van der Waals surface area contributed by atoms with Crippen LogP contribution in [0.3, 0.4) is 0 Å². The topological polar surface area (TPSA) is 67.8 Å². The smallest absolute Gasteiger partial charge is 0.416 e. The lowest BCUT2D eigenvalue weighted by Gasteiger charge is -2.30. The van der Waals surface area contributed by atoms with Gasteiger partial charge in [-0.05, 0) is 76.4 Å². The van der Waals surface area contributed by atoms with Crippen LogP contribution in [0, 0.1) is 0 Å². The molecule has 0 aliphatic rings. The van der Waals surface area contributed by atoms with Crippen molar-refractivity contribution < 1.29 is 32.5 Å². The van der Waals surface area contributed by atoms with Gasteiger partial charge in [0.15, 0.2) is 0 Å². The van der Waals surface area contributed by atoms with E-state index in [0.29, 0.717) is 17.9 Å². The molecule has 0 saturated heterocycles. The first-order chi connectivity index (χ1) is 14.7. The van der Waals surface area contributed by atoms with E-state index in [1.165, 1.54) is 18.2 Å². The summed E-state index contributed by atoms with van der Waals surface area (Å²) in [6.07, 6.45) is -4.30. The normalized spacial score (nSPS) is 13.9. The van der Waals surface area contributed by atoms with Gasteiger partial charge in [-0.3, -0.25) is 0 Å². The number of hydrogen-bond donors (Lipinski definition) is 2. The van der Waals surface area contributed by atoms with Crippen molar-refractivity contribution in [2.45, 2.75) is 57.9 Å². The molecule has 0 fully saturated rings. The number of ether oxygens (including phenoxy) is 2. The summed E-state index contributed by atoms with van der Waals surface area (Å²) >= 11 is 6.33. The van der Waals surface area contributed by atoms with E-state index in [2.05, 4.69) is 5.32 Å². The zero-order valence-corrected chi connectivity index (χ0v) is 19.1. The lowest BCUT2D eigenvalue weighted by molar-refractivity contribution is -0.137. The molecule has 176 valence electrons. The maximum atomic E-state index is 12.9. The number of amides is 1. The summed E-state index contributed by atoms with van der Waals surface area (Å²) in [6, 6.07) is 9.36. The van der Waals surface area contributed by atoms with Gasteiger partial charge in [0.25, 0.3) is 0 Å². The number of benzene rings is 2. The molecule has 0 bridgehead atoms. The fraction of sp³-hybridized carbons (Fsp3) is 0.435. The molecule has 0 saturated carbocycles. The maximum Gasteiger partial charge on any atom is 0.416 e. The zero-order chi connectivity index (χ0) is 24.2. The molecule has 0 radical (unpaired) electrons. The molecule has 1 atom stereocenters.